The molecule has 0 aromatic heterocycles. The molecule has 5 nitrogen and oxygen atoms in total. The van der Waals surface area contributed by atoms with Gasteiger partial charge in [-0.15, -0.1) is 0 Å². The molecule has 2 aliphatic rings. The van der Waals surface area contributed by atoms with Crippen LogP contribution in [0.4, 0.5) is 0 Å². The zero-order valence-corrected chi connectivity index (χ0v) is 20.0. The lowest BCUT2D eigenvalue weighted by molar-refractivity contribution is -0.141. The molecule has 3 amide bonds. The third-order valence-electron chi connectivity index (χ3n) is 7.58. The van der Waals surface area contributed by atoms with Crippen molar-refractivity contribution < 1.29 is 14.4 Å². The second-order valence-electron chi connectivity index (χ2n) is 9.73. The minimum Gasteiger partial charge on any atom is -0.342 e. The predicted octanol–water partition coefficient (Wildman–Crippen LogP) is 4.78. The smallest absolute Gasteiger partial charge is 0.240 e. The normalized spacial score (nSPS) is 22.5. The average Bonchev–Trinajstić information content (AvgIpc) is 3.13. The molecular formula is C30H30N2O3. The fourth-order valence-corrected chi connectivity index (χ4v) is 5.54. The number of likely N-dealkylation sites (N-methyl/N-ethyl adjacent to an activating group) is 1. The Morgan fingerprint density at radius 1 is 0.886 bits per heavy atom. The Labute approximate surface area is 206 Å². The quantitative estimate of drug-likeness (QED) is 0.509. The van der Waals surface area contributed by atoms with Crippen molar-refractivity contribution in [3.05, 3.63) is 96.1 Å². The Morgan fingerprint density at radius 2 is 1.51 bits per heavy atom. The van der Waals surface area contributed by atoms with Gasteiger partial charge in [-0.05, 0) is 35.1 Å². The summed E-state index contributed by atoms with van der Waals surface area (Å²) < 4.78 is 0. The zero-order valence-electron chi connectivity index (χ0n) is 20.0. The first-order valence-electron chi connectivity index (χ1n) is 12.3. The van der Waals surface area contributed by atoms with E-state index in [-0.39, 0.29) is 30.6 Å². The second kappa shape index (κ2) is 9.49. The van der Waals surface area contributed by atoms with Crippen molar-refractivity contribution in [2.75, 3.05) is 20.1 Å². The second-order valence-corrected chi connectivity index (χ2v) is 9.73. The molecule has 0 unspecified atom stereocenters. The fourth-order valence-electron chi connectivity index (χ4n) is 5.54. The predicted molar refractivity (Wildman–Crippen MR) is 136 cm³/mol. The molecule has 0 aliphatic carbocycles. The summed E-state index contributed by atoms with van der Waals surface area (Å²) in [5, 5.41) is 0. The van der Waals surface area contributed by atoms with Gasteiger partial charge in [-0.3, -0.25) is 19.3 Å². The monoisotopic (exact) mass is 466 g/mol. The molecule has 2 saturated heterocycles. The highest BCUT2D eigenvalue weighted by Crippen LogP contribution is 2.41. The van der Waals surface area contributed by atoms with Crippen LogP contribution in [0.15, 0.2) is 84.9 Å². The molecule has 0 bridgehead atoms. The number of likely N-dealkylation sites (tertiary alicyclic amines) is 2. The molecule has 2 atom stereocenters. The van der Waals surface area contributed by atoms with Crippen LogP contribution >= 0.6 is 0 Å². The van der Waals surface area contributed by atoms with Gasteiger partial charge in [0.1, 0.15) is 0 Å². The molecule has 3 aromatic rings. The van der Waals surface area contributed by atoms with Gasteiger partial charge in [0.05, 0.1) is 5.41 Å². The first kappa shape index (κ1) is 23.0. The minimum absolute atomic E-state index is 0.00804. The van der Waals surface area contributed by atoms with Crippen LogP contribution in [0.3, 0.4) is 0 Å². The van der Waals surface area contributed by atoms with E-state index in [0.29, 0.717) is 19.0 Å². The Hall–Kier alpha value is -3.73. The minimum atomic E-state index is -1.15. The molecule has 5 rings (SSSR count). The highest BCUT2D eigenvalue weighted by Gasteiger charge is 2.53. The van der Waals surface area contributed by atoms with Crippen LogP contribution in [0.25, 0.3) is 11.1 Å². The lowest BCUT2D eigenvalue weighted by atomic mass is 9.75. The lowest BCUT2D eigenvalue weighted by Crippen LogP contribution is -2.45. The standard InChI is InChI=1S/C30H30N2O3/c1-31-27(33)19-30(29(31)35,26-16-14-24(15-17-26)22-9-4-2-5-10-22)20-28(34)32-18-8-13-25(21-32)23-11-6-3-7-12-23/h2-7,9-12,14-17,25H,8,13,18-21H2,1H3/t25-,30-/m0/s1. The van der Waals surface area contributed by atoms with E-state index in [0.717, 1.165) is 29.5 Å². The SMILES string of the molecule is CN1C(=O)C[C@](CC(=O)N2CCC[C@H](c3ccccc3)C2)(c2ccc(-c3ccccc3)cc2)C1=O. The summed E-state index contributed by atoms with van der Waals surface area (Å²) in [6.07, 6.45) is 2.00. The van der Waals surface area contributed by atoms with E-state index in [4.69, 9.17) is 0 Å². The molecule has 2 fully saturated rings. The molecule has 178 valence electrons. The Bertz CT molecular complexity index is 1220. The van der Waals surface area contributed by atoms with Crippen LogP contribution in [0, 0.1) is 0 Å². The van der Waals surface area contributed by atoms with Crippen molar-refractivity contribution in [1.82, 2.24) is 9.80 Å². The molecule has 35 heavy (non-hydrogen) atoms. The molecule has 0 saturated carbocycles. The molecule has 2 aliphatic heterocycles. The van der Waals surface area contributed by atoms with Crippen molar-refractivity contribution in [2.45, 2.75) is 37.0 Å². The van der Waals surface area contributed by atoms with Crippen LogP contribution in [-0.2, 0) is 19.8 Å². The van der Waals surface area contributed by atoms with E-state index in [1.165, 1.54) is 17.5 Å². The molecule has 5 heteroatoms. The van der Waals surface area contributed by atoms with Gasteiger partial charge < -0.3 is 4.90 Å². The van der Waals surface area contributed by atoms with Gasteiger partial charge >= 0.3 is 0 Å². The number of nitrogens with zero attached hydrogens (tertiary/aromatic N) is 2. The van der Waals surface area contributed by atoms with Crippen molar-refractivity contribution in [2.24, 2.45) is 0 Å². The largest absolute Gasteiger partial charge is 0.342 e. The van der Waals surface area contributed by atoms with E-state index in [2.05, 4.69) is 12.1 Å². The maximum atomic E-state index is 13.6. The topological polar surface area (TPSA) is 57.7 Å². The third kappa shape index (κ3) is 4.39. The third-order valence-corrected chi connectivity index (χ3v) is 7.58. The highest BCUT2D eigenvalue weighted by molar-refractivity contribution is 6.10. The maximum Gasteiger partial charge on any atom is 0.240 e. The van der Waals surface area contributed by atoms with Crippen LogP contribution in [0.2, 0.25) is 0 Å². The summed E-state index contributed by atoms with van der Waals surface area (Å²) in [7, 11) is 1.52. The molecule has 2 heterocycles. The number of carbonyl (C=O) groups is 3. The Balaban J connectivity index is 1.41. The van der Waals surface area contributed by atoms with Crippen molar-refractivity contribution in [1.29, 1.82) is 0 Å². The number of hydrogen-bond acceptors (Lipinski definition) is 3. The number of benzene rings is 3. The van der Waals surface area contributed by atoms with Crippen molar-refractivity contribution >= 4 is 17.7 Å². The molecule has 3 aromatic carbocycles. The number of amides is 3. The van der Waals surface area contributed by atoms with Gasteiger partial charge in [0.2, 0.25) is 17.7 Å². The van der Waals surface area contributed by atoms with Crippen LogP contribution in [0.1, 0.15) is 42.7 Å². The van der Waals surface area contributed by atoms with Crippen LogP contribution < -0.4 is 0 Å². The van der Waals surface area contributed by atoms with Gasteiger partial charge in [-0.25, -0.2) is 0 Å². The summed E-state index contributed by atoms with van der Waals surface area (Å²) in [5.74, 6) is -0.302. The van der Waals surface area contributed by atoms with Gasteiger partial charge in [0.15, 0.2) is 0 Å². The van der Waals surface area contributed by atoms with Gasteiger partial charge in [-0.1, -0.05) is 84.9 Å². The Kier molecular flexibility index (Phi) is 6.25. The Morgan fingerprint density at radius 3 is 2.14 bits per heavy atom. The molecule has 0 radical (unpaired) electrons. The molecular weight excluding hydrogens is 436 g/mol. The van der Waals surface area contributed by atoms with E-state index in [9.17, 15) is 14.4 Å². The summed E-state index contributed by atoms with van der Waals surface area (Å²) in [4.78, 5) is 42.7. The number of imide groups is 1. The highest BCUT2D eigenvalue weighted by atomic mass is 16.2. The van der Waals surface area contributed by atoms with E-state index in [1.54, 1.807) is 0 Å². The number of carbonyl (C=O) groups excluding carboxylic acids is 3. The average molecular weight is 467 g/mol. The molecule has 0 N–H and O–H groups in total. The van der Waals surface area contributed by atoms with E-state index in [1.807, 2.05) is 77.7 Å². The van der Waals surface area contributed by atoms with Gasteiger partial charge in [0, 0.05) is 38.9 Å². The van der Waals surface area contributed by atoms with E-state index < -0.39 is 5.41 Å². The summed E-state index contributed by atoms with van der Waals surface area (Å²) in [6, 6.07) is 28.1. The summed E-state index contributed by atoms with van der Waals surface area (Å²) >= 11 is 0. The van der Waals surface area contributed by atoms with Crippen molar-refractivity contribution in [3.63, 3.8) is 0 Å². The molecule has 0 spiro atoms. The zero-order chi connectivity index (χ0) is 24.4. The number of rotatable bonds is 5. The van der Waals surface area contributed by atoms with Crippen LogP contribution in [-0.4, -0.2) is 47.7 Å². The van der Waals surface area contributed by atoms with E-state index >= 15 is 0 Å². The number of hydrogen-bond donors (Lipinski definition) is 0. The first-order chi connectivity index (χ1) is 17.0. The fraction of sp³-hybridized carbons (Fsp3) is 0.300. The lowest BCUT2D eigenvalue weighted by Gasteiger charge is -2.35. The van der Waals surface area contributed by atoms with Gasteiger partial charge in [-0.2, -0.15) is 0 Å². The van der Waals surface area contributed by atoms with Gasteiger partial charge in [0.25, 0.3) is 0 Å². The van der Waals surface area contributed by atoms with Crippen molar-refractivity contribution in [3.8, 4) is 11.1 Å². The summed E-state index contributed by atoms with van der Waals surface area (Å²) in [5.41, 5.74) is 2.92. The number of piperidine rings is 1. The van der Waals surface area contributed by atoms with Crippen LogP contribution in [0.5, 0.6) is 0 Å². The summed E-state index contributed by atoms with van der Waals surface area (Å²) in [6.45, 7) is 1.33. The maximum absolute atomic E-state index is 13.6. The first-order valence-corrected chi connectivity index (χ1v) is 12.3.